The summed E-state index contributed by atoms with van der Waals surface area (Å²) < 4.78 is 62.7. The summed E-state index contributed by atoms with van der Waals surface area (Å²) in [6.45, 7) is 5.99. The molecule has 0 radical (unpaired) electrons. The van der Waals surface area contributed by atoms with Gasteiger partial charge in [-0.1, -0.05) is 48.0 Å². The van der Waals surface area contributed by atoms with Gasteiger partial charge >= 0.3 is 6.09 Å². The van der Waals surface area contributed by atoms with Crippen molar-refractivity contribution in [2.24, 2.45) is 5.92 Å². The molecule has 1 atom stereocenters. The number of halogens is 3. The number of rotatable bonds is 6. The maximum atomic E-state index is 14.3. The van der Waals surface area contributed by atoms with Gasteiger partial charge in [0.05, 0.1) is 11.1 Å². The van der Waals surface area contributed by atoms with Crippen LogP contribution in [0.1, 0.15) is 61.1 Å². The molecule has 2 amide bonds. The summed E-state index contributed by atoms with van der Waals surface area (Å²) in [5.41, 5.74) is 0.803. The fourth-order valence-corrected chi connectivity index (χ4v) is 7.93. The van der Waals surface area contributed by atoms with E-state index in [0.29, 0.717) is 31.8 Å². The van der Waals surface area contributed by atoms with Crippen LogP contribution in [0.5, 0.6) is 0 Å². The van der Waals surface area contributed by atoms with Crippen LogP contribution in [0, 0.1) is 17.6 Å². The van der Waals surface area contributed by atoms with E-state index in [1.165, 1.54) is 43.9 Å². The Bertz CT molecular complexity index is 1690. The summed E-state index contributed by atoms with van der Waals surface area (Å²) in [6.07, 6.45) is 1.67. The third-order valence-corrected chi connectivity index (χ3v) is 10.7. The van der Waals surface area contributed by atoms with Gasteiger partial charge in [0, 0.05) is 38.3 Å². The number of amides is 2. The van der Waals surface area contributed by atoms with Gasteiger partial charge in [0.15, 0.2) is 11.6 Å². The van der Waals surface area contributed by atoms with Crippen molar-refractivity contribution in [2.45, 2.75) is 56.6 Å². The molecule has 3 aromatic carbocycles. The van der Waals surface area contributed by atoms with E-state index in [1.54, 1.807) is 20.8 Å². The van der Waals surface area contributed by atoms with Crippen LogP contribution in [-0.4, -0.2) is 72.8 Å². The summed E-state index contributed by atoms with van der Waals surface area (Å²) >= 11 is 6.42. The molecule has 0 spiro atoms. The van der Waals surface area contributed by atoms with Crippen molar-refractivity contribution in [1.82, 2.24) is 14.1 Å². The number of ether oxygens (including phenoxy) is 1. The average Bonchev–Trinajstić information content (AvgIpc) is 3.02. The van der Waals surface area contributed by atoms with Crippen LogP contribution in [0.4, 0.5) is 13.6 Å². The second-order valence-electron chi connectivity index (χ2n) is 12.8. The molecule has 0 N–H and O–H groups in total. The van der Waals surface area contributed by atoms with Crippen molar-refractivity contribution < 1.29 is 31.5 Å². The highest BCUT2D eigenvalue weighted by atomic mass is 35.5. The second kappa shape index (κ2) is 13.7. The largest absolute Gasteiger partial charge is 0.444 e. The molecule has 46 heavy (non-hydrogen) atoms. The monoisotopic (exact) mass is 673 g/mol. The first-order chi connectivity index (χ1) is 21.7. The van der Waals surface area contributed by atoms with E-state index in [4.69, 9.17) is 16.3 Å². The van der Waals surface area contributed by atoms with Gasteiger partial charge in [0.1, 0.15) is 10.5 Å². The van der Waals surface area contributed by atoms with Crippen molar-refractivity contribution in [3.05, 3.63) is 100 Å². The van der Waals surface area contributed by atoms with E-state index in [0.717, 1.165) is 18.6 Å². The Labute approximate surface area is 273 Å². The first-order valence-electron chi connectivity index (χ1n) is 15.3. The van der Waals surface area contributed by atoms with E-state index >= 15 is 0 Å². The Morgan fingerprint density at radius 3 is 2.26 bits per heavy atom. The first kappa shape index (κ1) is 33.8. The van der Waals surface area contributed by atoms with E-state index in [-0.39, 0.29) is 40.7 Å². The maximum Gasteiger partial charge on any atom is 0.410 e. The van der Waals surface area contributed by atoms with E-state index in [9.17, 15) is 26.8 Å². The van der Waals surface area contributed by atoms with Gasteiger partial charge in [0.25, 0.3) is 5.91 Å². The highest BCUT2D eigenvalue weighted by molar-refractivity contribution is 7.89. The number of carbonyl (C=O) groups excluding carboxylic acids is 2. The number of benzene rings is 3. The lowest BCUT2D eigenvalue weighted by Gasteiger charge is -2.42. The van der Waals surface area contributed by atoms with Crippen LogP contribution >= 0.6 is 11.6 Å². The van der Waals surface area contributed by atoms with Gasteiger partial charge in [-0.3, -0.25) is 4.79 Å². The molecule has 246 valence electrons. The first-order valence-corrected chi connectivity index (χ1v) is 17.1. The van der Waals surface area contributed by atoms with Crippen LogP contribution in [-0.2, 0) is 21.2 Å². The van der Waals surface area contributed by atoms with Gasteiger partial charge in [0.2, 0.25) is 10.0 Å². The average molecular weight is 674 g/mol. The fraction of sp³-hybridized carbons (Fsp3) is 0.412. The lowest BCUT2D eigenvalue weighted by atomic mass is 9.91. The minimum atomic E-state index is -4.02. The topological polar surface area (TPSA) is 87.2 Å². The number of piperidine rings is 1. The minimum Gasteiger partial charge on any atom is -0.444 e. The molecule has 2 saturated heterocycles. The zero-order chi connectivity index (χ0) is 33.2. The van der Waals surface area contributed by atoms with Crippen molar-refractivity contribution in [1.29, 1.82) is 0 Å². The molecule has 2 fully saturated rings. The molecule has 5 rings (SSSR count). The lowest BCUT2D eigenvalue weighted by Crippen LogP contribution is -2.53. The van der Waals surface area contributed by atoms with E-state index < -0.39 is 45.3 Å². The summed E-state index contributed by atoms with van der Waals surface area (Å²) in [5.74, 6) is -2.32. The van der Waals surface area contributed by atoms with Crippen molar-refractivity contribution in [3.63, 3.8) is 0 Å². The number of piperazine rings is 1. The van der Waals surface area contributed by atoms with Crippen LogP contribution in [0.3, 0.4) is 0 Å². The molecule has 3 aromatic rings. The van der Waals surface area contributed by atoms with E-state index in [1.807, 2.05) is 18.2 Å². The third-order valence-electron chi connectivity index (χ3n) is 8.36. The smallest absolute Gasteiger partial charge is 0.410 e. The van der Waals surface area contributed by atoms with Gasteiger partial charge in [-0.2, -0.15) is 4.31 Å². The van der Waals surface area contributed by atoms with Crippen LogP contribution in [0.15, 0.2) is 71.6 Å². The number of hydrogen-bond acceptors (Lipinski definition) is 5. The van der Waals surface area contributed by atoms with Crippen LogP contribution < -0.4 is 0 Å². The maximum absolute atomic E-state index is 14.3. The van der Waals surface area contributed by atoms with Crippen LogP contribution in [0.25, 0.3) is 0 Å². The summed E-state index contributed by atoms with van der Waals surface area (Å²) in [5, 5.41) is -0.00476. The molecule has 0 aliphatic carbocycles. The molecule has 0 saturated carbocycles. The predicted molar refractivity (Wildman–Crippen MR) is 171 cm³/mol. The quantitative estimate of drug-likeness (QED) is 0.291. The molecule has 8 nitrogen and oxygen atoms in total. The Balaban J connectivity index is 1.37. The Kier molecular flexibility index (Phi) is 10.0. The zero-order valence-corrected chi connectivity index (χ0v) is 27.7. The highest BCUT2D eigenvalue weighted by Crippen LogP contribution is 2.33. The summed E-state index contributed by atoms with van der Waals surface area (Å²) in [4.78, 5) is 29.6. The van der Waals surface area contributed by atoms with Crippen LogP contribution in [0.2, 0.25) is 5.02 Å². The molecule has 0 bridgehead atoms. The molecular weight excluding hydrogens is 636 g/mol. The number of hydrogen-bond donors (Lipinski definition) is 0. The number of carbonyl (C=O) groups is 2. The van der Waals surface area contributed by atoms with Crippen molar-refractivity contribution in [3.8, 4) is 0 Å². The van der Waals surface area contributed by atoms with E-state index in [2.05, 4.69) is 12.1 Å². The Morgan fingerprint density at radius 1 is 0.913 bits per heavy atom. The summed E-state index contributed by atoms with van der Waals surface area (Å²) in [6, 6.07) is 16.7. The van der Waals surface area contributed by atoms with Gasteiger partial charge in [-0.05, 0) is 87.4 Å². The highest BCUT2D eigenvalue weighted by Gasteiger charge is 2.37. The Morgan fingerprint density at radius 2 is 1.61 bits per heavy atom. The molecule has 12 heteroatoms. The molecule has 2 aliphatic rings. The van der Waals surface area contributed by atoms with Gasteiger partial charge in [-0.15, -0.1) is 0 Å². The Hall–Kier alpha value is -3.54. The normalized spacial score (nSPS) is 18.4. The van der Waals surface area contributed by atoms with Crippen molar-refractivity contribution in [2.75, 3.05) is 32.7 Å². The molecule has 2 heterocycles. The number of nitrogens with zero attached hydrogens (tertiary/aromatic N) is 3. The minimum absolute atomic E-state index is 0.00476. The molecule has 2 aliphatic heterocycles. The SMILES string of the molecule is CC(C)(C)OC(=O)N1CCN(C(=O)c2ccc(Cl)c(S(=O)(=O)N3CCC(Cc4ccccc4)CC3)c2)C(c2ccc(F)c(F)c2)C1. The van der Waals surface area contributed by atoms with Gasteiger partial charge in [-0.25, -0.2) is 22.0 Å². The molecule has 1 unspecified atom stereocenters. The number of sulfonamides is 1. The standard InChI is InChI=1S/C34H38ClF2N3O5S/c1-34(2,3)45-33(42)38-17-18-40(30(22-38)25-10-12-28(36)29(37)20-25)32(41)26-9-11-27(35)31(21-26)46(43,44)39-15-13-24(14-16-39)19-23-7-5-4-6-8-23/h4-12,20-21,24,30H,13-19,22H2,1-3H3. The molecular formula is C34H38ClF2N3O5S. The zero-order valence-electron chi connectivity index (χ0n) is 26.1. The predicted octanol–water partition coefficient (Wildman–Crippen LogP) is 6.70. The van der Waals surface area contributed by atoms with Crippen molar-refractivity contribution >= 4 is 33.6 Å². The molecule has 0 aromatic heterocycles. The third kappa shape index (κ3) is 7.70. The summed E-state index contributed by atoms with van der Waals surface area (Å²) in [7, 11) is -4.02. The lowest BCUT2D eigenvalue weighted by molar-refractivity contribution is 0.00404. The van der Waals surface area contributed by atoms with Gasteiger partial charge < -0.3 is 14.5 Å². The second-order valence-corrected chi connectivity index (χ2v) is 15.1. The fourth-order valence-electron chi connectivity index (χ4n) is 5.96.